The number of amides is 2. The van der Waals surface area contributed by atoms with E-state index in [0.717, 1.165) is 5.56 Å². The van der Waals surface area contributed by atoms with Gasteiger partial charge in [-0.05, 0) is 23.8 Å². The van der Waals surface area contributed by atoms with Crippen molar-refractivity contribution in [2.75, 3.05) is 38.0 Å². The van der Waals surface area contributed by atoms with Crippen LogP contribution in [0.15, 0.2) is 48.5 Å². The van der Waals surface area contributed by atoms with E-state index in [2.05, 4.69) is 5.32 Å². The molecule has 1 aliphatic rings. The first-order valence-electron chi connectivity index (χ1n) is 9.28. The summed E-state index contributed by atoms with van der Waals surface area (Å²) >= 11 is 5.96. The monoisotopic (exact) mass is 411 g/mol. The maximum atomic E-state index is 12.4. The molecule has 0 saturated carbocycles. The molecule has 150 valence electrons. The smallest absolute Gasteiger partial charge is 0.239 e. The van der Waals surface area contributed by atoms with Gasteiger partial charge in [0.2, 0.25) is 11.8 Å². The van der Waals surface area contributed by atoms with Crippen LogP contribution in [0.1, 0.15) is 17.2 Å². The number of hydrogen-bond acceptors (Lipinski definition) is 5. The van der Waals surface area contributed by atoms with Gasteiger partial charge in [0.15, 0.2) is 0 Å². The second-order valence-electron chi connectivity index (χ2n) is 6.88. The molecule has 29 heavy (non-hydrogen) atoms. The molecule has 0 radical (unpaired) electrons. The lowest BCUT2D eigenvalue weighted by molar-refractivity contribution is -0.125. The molecule has 2 amide bonds. The van der Waals surface area contributed by atoms with Gasteiger partial charge < -0.3 is 11.1 Å². The number of carbonyl (C=O) groups is 2. The number of halogens is 1. The molecule has 0 aliphatic carbocycles. The molecule has 7 nitrogen and oxygen atoms in total. The zero-order valence-corrected chi connectivity index (χ0v) is 16.6. The lowest BCUT2D eigenvalue weighted by Gasteiger charge is -2.38. The van der Waals surface area contributed by atoms with Crippen LogP contribution < -0.4 is 11.1 Å². The van der Waals surface area contributed by atoms with Crippen LogP contribution in [-0.4, -0.2) is 54.3 Å². The zero-order chi connectivity index (χ0) is 20.8. The molecule has 2 aromatic carbocycles. The fourth-order valence-corrected chi connectivity index (χ4v) is 3.65. The van der Waals surface area contributed by atoms with E-state index in [0.29, 0.717) is 42.5 Å². The van der Waals surface area contributed by atoms with Crippen molar-refractivity contribution in [2.24, 2.45) is 5.73 Å². The standard InChI is InChI=1S/C21H22ClN5O2/c22-17-7-6-16(13-23)18(12-17)25-19(28)14-26-8-10-27(11-9-26)20(21(24)29)15-4-2-1-3-5-15/h1-7,12,20H,8-11,14H2,(H2,24,29)(H,25,28)/t20-/m1/s1. The maximum absolute atomic E-state index is 12.4. The molecule has 8 heteroatoms. The Morgan fingerprint density at radius 3 is 2.45 bits per heavy atom. The summed E-state index contributed by atoms with van der Waals surface area (Å²) in [6.07, 6.45) is 0. The number of nitrogens with two attached hydrogens (primary N) is 1. The topological polar surface area (TPSA) is 102 Å². The first-order chi connectivity index (χ1) is 14.0. The number of primary amides is 1. The van der Waals surface area contributed by atoms with Gasteiger partial charge in [0.25, 0.3) is 0 Å². The Kier molecular flexibility index (Phi) is 6.83. The molecule has 1 heterocycles. The molecule has 3 N–H and O–H groups in total. The van der Waals surface area contributed by atoms with E-state index in [1.165, 1.54) is 0 Å². The normalized spacial score (nSPS) is 16.0. The highest BCUT2D eigenvalue weighted by molar-refractivity contribution is 6.31. The quantitative estimate of drug-likeness (QED) is 0.756. The minimum absolute atomic E-state index is 0.192. The molecule has 3 rings (SSSR count). The van der Waals surface area contributed by atoms with Crippen molar-refractivity contribution in [1.82, 2.24) is 9.80 Å². The Balaban J connectivity index is 1.57. The molecule has 1 atom stereocenters. The number of carbonyl (C=O) groups excluding carboxylic acids is 2. The third-order valence-corrected chi connectivity index (χ3v) is 5.14. The average molecular weight is 412 g/mol. The van der Waals surface area contributed by atoms with Gasteiger partial charge in [-0.25, -0.2) is 0 Å². The zero-order valence-electron chi connectivity index (χ0n) is 15.8. The molecular formula is C21H22ClN5O2. The van der Waals surface area contributed by atoms with Crippen molar-refractivity contribution in [3.05, 3.63) is 64.7 Å². The first kappa shape index (κ1) is 20.8. The summed E-state index contributed by atoms with van der Waals surface area (Å²) in [5.41, 5.74) is 7.28. The number of nitriles is 1. The number of hydrogen-bond donors (Lipinski definition) is 2. The van der Waals surface area contributed by atoms with E-state index < -0.39 is 6.04 Å². The van der Waals surface area contributed by atoms with Gasteiger partial charge in [-0.3, -0.25) is 19.4 Å². The number of piperazine rings is 1. The van der Waals surface area contributed by atoms with E-state index in [1.54, 1.807) is 18.2 Å². The van der Waals surface area contributed by atoms with Crippen LogP contribution in [0.2, 0.25) is 5.02 Å². The van der Waals surface area contributed by atoms with Gasteiger partial charge in [-0.1, -0.05) is 41.9 Å². The summed E-state index contributed by atoms with van der Waals surface area (Å²) < 4.78 is 0. The van der Waals surface area contributed by atoms with Crippen molar-refractivity contribution in [1.29, 1.82) is 5.26 Å². The van der Waals surface area contributed by atoms with Gasteiger partial charge in [-0.2, -0.15) is 5.26 Å². The number of nitrogens with one attached hydrogen (secondary N) is 1. The lowest BCUT2D eigenvalue weighted by atomic mass is 10.0. The first-order valence-corrected chi connectivity index (χ1v) is 9.66. The van der Waals surface area contributed by atoms with Gasteiger partial charge in [0.05, 0.1) is 17.8 Å². The Bertz CT molecular complexity index is 920. The summed E-state index contributed by atoms with van der Waals surface area (Å²) in [5, 5.41) is 12.4. The summed E-state index contributed by atoms with van der Waals surface area (Å²) in [5.74, 6) is -0.598. The molecule has 0 unspecified atom stereocenters. The number of nitrogens with zero attached hydrogens (tertiary/aromatic N) is 3. The Hall–Kier alpha value is -2.92. The molecular weight excluding hydrogens is 390 g/mol. The highest BCUT2D eigenvalue weighted by Crippen LogP contribution is 2.22. The molecule has 1 aliphatic heterocycles. The molecule has 1 fully saturated rings. The van der Waals surface area contributed by atoms with Gasteiger partial charge in [0.1, 0.15) is 12.1 Å². The van der Waals surface area contributed by atoms with Crippen LogP contribution in [0.25, 0.3) is 0 Å². The SMILES string of the molecule is N#Cc1ccc(Cl)cc1NC(=O)CN1CCN([C@@H](C(N)=O)c2ccccc2)CC1. The van der Waals surface area contributed by atoms with Gasteiger partial charge >= 0.3 is 0 Å². The van der Waals surface area contributed by atoms with E-state index in [4.69, 9.17) is 22.6 Å². The highest BCUT2D eigenvalue weighted by atomic mass is 35.5. The van der Waals surface area contributed by atoms with Gasteiger partial charge in [-0.15, -0.1) is 0 Å². The third kappa shape index (κ3) is 5.33. The Labute approximate surface area is 174 Å². The van der Waals surface area contributed by atoms with Crippen molar-refractivity contribution in [3.63, 3.8) is 0 Å². The van der Waals surface area contributed by atoms with Crippen LogP contribution in [0, 0.1) is 11.3 Å². The predicted octanol–water partition coefficient (Wildman–Crippen LogP) is 1.99. The molecule has 0 aromatic heterocycles. The van der Waals surface area contributed by atoms with Crippen molar-refractivity contribution in [3.8, 4) is 6.07 Å². The average Bonchev–Trinajstić information content (AvgIpc) is 2.70. The van der Waals surface area contributed by atoms with Crippen LogP contribution in [0.3, 0.4) is 0 Å². The summed E-state index contributed by atoms with van der Waals surface area (Å²) in [6, 6.07) is 15.8. The fourth-order valence-electron chi connectivity index (χ4n) is 3.48. The van der Waals surface area contributed by atoms with Crippen LogP contribution >= 0.6 is 11.6 Å². The molecule has 2 aromatic rings. The van der Waals surface area contributed by atoms with Crippen molar-refractivity contribution in [2.45, 2.75) is 6.04 Å². The van der Waals surface area contributed by atoms with Crippen molar-refractivity contribution < 1.29 is 9.59 Å². The second-order valence-corrected chi connectivity index (χ2v) is 7.31. The van der Waals surface area contributed by atoms with E-state index in [9.17, 15) is 9.59 Å². The molecule has 0 spiro atoms. The third-order valence-electron chi connectivity index (χ3n) is 4.90. The van der Waals surface area contributed by atoms with Crippen LogP contribution in [0.4, 0.5) is 5.69 Å². The number of rotatable bonds is 6. The minimum Gasteiger partial charge on any atom is -0.368 e. The fraction of sp³-hybridized carbons (Fsp3) is 0.286. The molecule has 0 bridgehead atoms. The predicted molar refractivity (Wildman–Crippen MR) is 111 cm³/mol. The van der Waals surface area contributed by atoms with Gasteiger partial charge in [0, 0.05) is 31.2 Å². The van der Waals surface area contributed by atoms with Crippen molar-refractivity contribution >= 4 is 29.1 Å². The van der Waals surface area contributed by atoms with Crippen LogP contribution in [-0.2, 0) is 9.59 Å². The largest absolute Gasteiger partial charge is 0.368 e. The number of anilines is 1. The summed E-state index contributed by atoms with van der Waals surface area (Å²) in [7, 11) is 0. The highest BCUT2D eigenvalue weighted by Gasteiger charge is 2.29. The minimum atomic E-state index is -0.475. The second kappa shape index (κ2) is 9.52. The Morgan fingerprint density at radius 2 is 1.83 bits per heavy atom. The lowest BCUT2D eigenvalue weighted by Crippen LogP contribution is -2.51. The Morgan fingerprint density at radius 1 is 1.14 bits per heavy atom. The van der Waals surface area contributed by atoms with E-state index in [-0.39, 0.29) is 18.4 Å². The van der Waals surface area contributed by atoms with E-state index >= 15 is 0 Å². The number of benzene rings is 2. The maximum Gasteiger partial charge on any atom is 0.239 e. The van der Waals surface area contributed by atoms with E-state index in [1.807, 2.05) is 46.2 Å². The van der Waals surface area contributed by atoms with Crippen LogP contribution in [0.5, 0.6) is 0 Å². The summed E-state index contributed by atoms with van der Waals surface area (Å²) in [6.45, 7) is 2.69. The molecule has 1 saturated heterocycles. The summed E-state index contributed by atoms with van der Waals surface area (Å²) in [4.78, 5) is 28.5.